The average molecular weight is 316 g/mol. The molecule has 0 saturated carbocycles. The number of rotatable bonds is 2. The van der Waals surface area contributed by atoms with Gasteiger partial charge in [0.1, 0.15) is 17.4 Å². The molecule has 1 atom stereocenters. The zero-order valence-electron chi connectivity index (χ0n) is 12.6. The van der Waals surface area contributed by atoms with Crippen molar-refractivity contribution in [2.75, 3.05) is 26.2 Å². The van der Waals surface area contributed by atoms with E-state index in [0.717, 1.165) is 12.8 Å². The Bertz CT molecular complexity index is 685. The number of urea groups is 1. The fourth-order valence-corrected chi connectivity index (χ4v) is 3.21. The van der Waals surface area contributed by atoms with Crippen molar-refractivity contribution in [3.63, 3.8) is 0 Å². The number of halogens is 1. The average Bonchev–Trinajstić information content (AvgIpc) is 3.00. The topological polar surface area (TPSA) is 76.4 Å². The number of likely N-dealkylation sites (tertiary alicyclic amines) is 1. The Labute approximate surface area is 133 Å². The molecule has 23 heavy (non-hydrogen) atoms. The van der Waals surface area contributed by atoms with Gasteiger partial charge in [-0.2, -0.15) is 5.26 Å². The Hall–Kier alpha value is -2.62. The SMILES string of the molecule is N#Cc1c(F)cccc1C(=O)N1CCCC(N2CCNC2=O)C1. The first-order chi connectivity index (χ1) is 11.1. The minimum absolute atomic E-state index is 0.0331. The molecule has 2 aliphatic rings. The Kier molecular flexibility index (Phi) is 4.15. The second kappa shape index (κ2) is 6.24. The number of benzene rings is 1. The molecule has 0 aliphatic carbocycles. The highest BCUT2D eigenvalue weighted by Gasteiger charge is 2.33. The lowest BCUT2D eigenvalue weighted by Gasteiger charge is -2.37. The molecule has 3 rings (SSSR count). The molecule has 0 radical (unpaired) electrons. The van der Waals surface area contributed by atoms with Crippen LogP contribution in [-0.2, 0) is 0 Å². The van der Waals surface area contributed by atoms with E-state index in [4.69, 9.17) is 5.26 Å². The van der Waals surface area contributed by atoms with Crippen LogP contribution in [0.15, 0.2) is 18.2 Å². The molecule has 0 aromatic heterocycles. The van der Waals surface area contributed by atoms with Crippen LogP contribution in [0.1, 0.15) is 28.8 Å². The van der Waals surface area contributed by atoms with E-state index in [-0.39, 0.29) is 29.1 Å². The number of nitrogens with one attached hydrogen (secondary N) is 1. The van der Waals surface area contributed by atoms with Crippen molar-refractivity contribution >= 4 is 11.9 Å². The normalized spacial score (nSPS) is 21.0. The second-order valence-corrected chi connectivity index (χ2v) is 5.75. The van der Waals surface area contributed by atoms with Crippen LogP contribution in [0, 0.1) is 17.1 Å². The lowest BCUT2D eigenvalue weighted by Crippen LogP contribution is -2.50. The molecule has 1 aromatic carbocycles. The van der Waals surface area contributed by atoms with Gasteiger partial charge in [-0.1, -0.05) is 6.07 Å². The molecule has 3 amide bonds. The zero-order chi connectivity index (χ0) is 16.4. The van der Waals surface area contributed by atoms with Crippen LogP contribution in [-0.4, -0.2) is 54.0 Å². The highest BCUT2D eigenvalue weighted by atomic mass is 19.1. The number of nitriles is 1. The first-order valence-corrected chi connectivity index (χ1v) is 7.64. The third-order valence-electron chi connectivity index (χ3n) is 4.37. The molecule has 2 saturated heterocycles. The van der Waals surface area contributed by atoms with Gasteiger partial charge in [0.15, 0.2) is 0 Å². The van der Waals surface area contributed by atoms with Crippen LogP contribution < -0.4 is 5.32 Å². The summed E-state index contributed by atoms with van der Waals surface area (Å²) in [5.74, 6) is -1.05. The fourth-order valence-electron chi connectivity index (χ4n) is 3.21. The molecule has 7 heteroatoms. The van der Waals surface area contributed by atoms with E-state index in [1.54, 1.807) is 15.9 Å². The maximum atomic E-state index is 13.7. The molecule has 0 spiro atoms. The summed E-state index contributed by atoms with van der Waals surface area (Å²) < 4.78 is 13.7. The molecular formula is C16H17FN4O2. The number of carbonyl (C=O) groups is 2. The number of hydrogen-bond acceptors (Lipinski definition) is 3. The van der Waals surface area contributed by atoms with E-state index < -0.39 is 5.82 Å². The highest BCUT2D eigenvalue weighted by Crippen LogP contribution is 2.21. The summed E-state index contributed by atoms with van der Waals surface area (Å²) in [4.78, 5) is 27.8. The predicted molar refractivity (Wildman–Crippen MR) is 80.1 cm³/mol. The molecule has 120 valence electrons. The summed E-state index contributed by atoms with van der Waals surface area (Å²) in [6.07, 6.45) is 1.61. The number of piperidine rings is 1. The van der Waals surface area contributed by atoms with Crippen LogP contribution in [0.3, 0.4) is 0 Å². The quantitative estimate of drug-likeness (QED) is 0.894. The maximum Gasteiger partial charge on any atom is 0.317 e. The van der Waals surface area contributed by atoms with Crippen LogP contribution in [0.2, 0.25) is 0 Å². The van der Waals surface area contributed by atoms with Crippen molar-refractivity contribution in [1.29, 1.82) is 5.26 Å². The molecule has 1 N–H and O–H groups in total. The summed E-state index contributed by atoms with van der Waals surface area (Å²) >= 11 is 0. The van der Waals surface area contributed by atoms with Crippen molar-refractivity contribution in [3.05, 3.63) is 35.1 Å². The van der Waals surface area contributed by atoms with E-state index in [1.165, 1.54) is 18.2 Å². The van der Waals surface area contributed by atoms with Crippen molar-refractivity contribution < 1.29 is 14.0 Å². The van der Waals surface area contributed by atoms with Crippen LogP contribution in [0.25, 0.3) is 0 Å². The largest absolute Gasteiger partial charge is 0.337 e. The molecule has 2 fully saturated rings. The van der Waals surface area contributed by atoms with Gasteiger partial charge in [0.2, 0.25) is 0 Å². The zero-order valence-corrected chi connectivity index (χ0v) is 12.6. The van der Waals surface area contributed by atoms with Crippen molar-refractivity contribution in [1.82, 2.24) is 15.1 Å². The van der Waals surface area contributed by atoms with Gasteiger partial charge in [-0.15, -0.1) is 0 Å². The summed E-state index contributed by atoms with van der Waals surface area (Å²) in [6, 6.07) is 5.69. The van der Waals surface area contributed by atoms with Gasteiger partial charge in [-0.25, -0.2) is 9.18 Å². The molecule has 6 nitrogen and oxygen atoms in total. The van der Waals surface area contributed by atoms with Crippen LogP contribution in [0.4, 0.5) is 9.18 Å². The third kappa shape index (κ3) is 2.84. The minimum atomic E-state index is -0.689. The summed E-state index contributed by atoms with van der Waals surface area (Å²) in [6.45, 7) is 2.21. The van der Waals surface area contributed by atoms with Crippen molar-refractivity contribution in [2.24, 2.45) is 0 Å². The first-order valence-electron chi connectivity index (χ1n) is 7.64. The van der Waals surface area contributed by atoms with E-state index in [0.29, 0.717) is 26.2 Å². The van der Waals surface area contributed by atoms with E-state index in [2.05, 4.69) is 5.32 Å². The van der Waals surface area contributed by atoms with Crippen molar-refractivity contribution in [3.8, 4) is 6.07 Å². The van der Waals surface area contributed by atoms with Crippen LogP contribution >= 0.6 is 0 Å². The van der Waals surface area contributed by atoms with Gasteiger partial charge in [-0.05, 0) is 25.0 Å². The monoisotopic (exact) mass is 316 g/mol. The fraction of sp³-hybridized carbons (Fsp3) is 0.438. The number of nitrogens with zero attached hydrogens (tertiary/aromatic N) is 3. The molecule has 1 unspecified atom stereocenters. The van der Waals surface area contributed by atoms with Crippen LogP contribution in [0.5, 0.6) is 0 Å². The molecule has 2 heterocycles. The van der Waals surface area contributed by atoms with Gasteiger partial charge < -0.3 is 15.1 Å². The minimum Gasteiger partial charge on any atom is -0.337 e. The summed E-state index contributed by atoms with van der Waals surface area (Å²) in [7, 11) is 0. The lowest BCUT2D eigenvalue weighted by atomic mass is 10.0. The predicted octanol–water partition coefficient (Wildman–Crippen LogP) is 1.33. The Balaban J connectivity index is 1.79. The summed E-state index contributed by atoms with van der Waals surface area (Å²) in [5.41, 5.74) is -0.141. The summed E-state index contributed by atoms with van der Waals surface area (Å²) in [5, 5.41) is 11.8. The van der Waals surface area contributed by atoms with Crippen molar-refractivity contribution in [2.45, 2.75) is 18.9 Å². The smallest absolute Gasteiger partial charge is 0.317 e. The number of hydrogen-bond donors (Lipinski definition) is 1. The standard InChI is InChI=1S/C16H17FN4O2/c17-14-5-1-4-12(13(14)9-18)15(22)20-7-2-3-11(10-20)21-8-6-19-16(21)23/h1,4-5,11H,2-3,6-8,10H2,(H,19,23). The van der Waals surface area contributed by atoms with E-state index >= 15 is 0 Å². The maximum absolute atomic E-state index is 13.7. The highest BCUT2D eigenvalue weighted by molar-refractivity contribution is 5.96. The van der Waals surface area contributed by atoms with Gasteiger partial charge in [0.25, 0.3) is 5.91 Å². The van der Waals surface area contributed by atoms with Gasteiger partial charge in [0, 0.05) is 26.2 Å². The van der Waals surface area contributed by atoms with Gasteiger partial charge >= 0.3 is 6.03 Å². The Morgan fingerprint density at radius 1 is 1.39 bits per heavy atom. The second-order valence-electron chi connectivity index (χ2n) is 5.75. The van der Waals surface area contributed by atoms with Gasteiger partial charge in [-0.3, -0.25) is 4.79 Å². The van der Waals surface area contributed by atoms with Gasteiger partial charge in [0.05, 0.1) is 11.6 Å². The molecule has 1 aromatic rings. The Morgan fingerprint density at radius 2 is 2.22 bits per heavy atom. The molecule has 0 bridgehead atoms. The molecular weight excluding hydrogens is 299 g/mol. The lowest BCUT2D eigenvalue weighted by molar-refractivity contribution is 0.0633. The van der Waals surface area contributed by atoms with E-state index in [1.807, 2.05) is 0 Å². The van der Waals surface area contributed by atoms with E-state index in [9.17, 15) is 14.0 Å². The number of carbonyl (C=O) groups excluding carboxylic acids is 2. The molecule has 2 aliphatic heterocycles. The first kappa shape index (κ1) is 15.3. The number of amides is 3. The third-order valence-corrected chi connectivity index (χ3v) is 4.37. The Morgan fingerprint density at radius 3 is 2.91 bits per heavy atom.